The number of nitrogens with one attached hydrogen (secondary N) is 1. The lowest BCUT2D eigenvalue weighted by atomic mass is 10.1. The fraction of sp³-hybridized carbons (Fsp3) is 0.588. The lowest BCUT2D eigenvalue weighted by Gasteiger charge is -2.07. The van der Waals surface area contributed by atoms with Crippen molar-refractivity contribution in [3.05, 3.63) is 29.6 Å². The van der Waals surface area contributed by atoms with Crippen LogP contribution in [0.2, 0.25) is 0 Å². The molecule has 0 aliphatic heterocycles. The topological polar surface area (TPSA) is 49.3 Å². The van der Waals surface area contributed by atoms with E-state index in [9.17, 15) is 14.3 Å². The summed E-state index contributed by atoms with van der Waals surface area (Å²) >= 11 is 0. The van der Waals surface area contributed by atoms with Gasteiger partial charge >= 0.3 is 0 Å². The molecular formula is C17H26FNO2. The molecule has 0 saturated carbocycles. The van der Waals surface area contributed by atoms with Gasteiger partial charge in [-0.2, -0.15) is 0 Å². The van der Waals surface area contributed by atoms with Gasteiger partial charge < -0.3 is 10.4 Å². The molecular weight excluding hydrogens is 269 g/mol. The predicted molar refractivity (Wildman–Crippen MR) is 83.0 cm³/mol. The molecule has 0 bridgehead atoms. The molecule has 0 heterocycles. The zero-order valence-electron chi connectivity index (χ0n) is 12.8. The Kier molecular flexibility index (Phi) is 8.48. The molecule has 1 aromatic carbocycles. The highest BCUT2D eigenvalue weighted by molar-refractivity contribution is 5.96. The maximum atomic E-state index is 12.8. The molecule has 1 aromatic rings. The molecule has 0 unspecified atom stereocenters. The first-order chi connectivity index (χ1) is 10.1. The minimum absolute atomic E-state index is 0.121. The zero-order valence-corrected chi connectivity index (χ0v) is 12.8. The minimum atomic E-state index is -0.549. The monoisotopic (exact) mass is 295 g/mol. The number of phenols is 1. The summed E-state index contributed by atoms with van der Waals surface area (Å²) in [6, 6.07) is 3.42. The highest BCUT2D eigenvalue weighted by atomic mass is 19.1. The van der Waals surface area contributed by atoms with Gasteiger partial charge in [-0.05, 0) is 18.6 Å². The number of benzene rings is 1. The molecule has 0 aliphatic carbocycles. The van der Waals surface area contributed by atoms with E-state index in [0.29, 0.717) is 6.54 Å². The fourth-order valence-corrected chi connectivity index (χ4v) is 2.25. The van der Waals surface area contributed by atoms with Gasteiger partial charge in [0.15, 0.2) is 0 Å². The largest absolute Gasteiger partial charge is 0.507 e. The molecule has 1 amide bonds. The van der Waals surface area contributed by atoms with Crippen LogP contribution in [0.1, 0.15) is 68.6 Å². The third kappa shape index (κ3) is 7.11. The van der Waals surface area contributed by atoms with Gasteiger partial charge in [-0.1, -0.05) is 51.9 Å². The summed E-state index contributed by atoms with van der Waals surface area (Å²) in [6.45, 7) is 2.80. The van der Waals surface area contributed by atoms with Crippen molar-refractivity contribution in [2.24, 2.45) is 0 Å². The van der Waals surface area contributed by atoms with E-state index in [1.54, 1.807) is 0 Å². The number of carbonyl (C=O) groups excluding carboxylic acids is 1. The van der Waals surface area contributed by atoms with Crippen LogP contribution in [0.5, 0.6) is 5.75 Å². The number of phenolic OH excluding ortho intramolecular Hbond substituents is 1. The molecule has 0 fully saturated rings. The van der Waals surface area contributed by atoms with Crippen LogP contribution in [0.25, 0.3) is 0 Å². The summed E-state index contributed by atoms with van der Waals surface area (Å²) in [5.41, 5.74) is 0.121. The summed E-state index contributed by atoms with van der Waals surface area (Å²) in [5.74, 6) is -1.22. The zero-order chi connectivity index (χ0) is 15.5. The molecule has 0 aromatic heterocycles. The molecule has 0 saturated heterocycles. The molecule has 0 atom stereocenters. The summed E-state index contributed by atoms with van der Waals surface area (Å²) in [4.78, 5) is 11.8. The number of unbranched alkanes of at least 4 members (excludes halogenated alkanes) is 7. The first-order valence-electron chi connectivity index (χ1n) is 7.92. The minimum Gasteiger partial charge on any atom is -0.507 e. The van der Waals surface area contributed by atoms with Gasteiger partial charge in [0.05, 0.1) is 5.56 Å². The molecule has 4 heteroatoms. The van der Waals surface area contributed by atoms with Gasteiger partial charge in [0.2, 0.25) is 0 Å². The number of carbonyl (C=O) groups is 1. The van der Waals surface area contributed by atoms with Crippen molar-refractivity contribution in [2.45, 2.75) is 58.3 Å². The summed E-state index contributed by atoms with van der Waals surface area (Å²) in [6.07, 6.45) is 9.68. The Morgan fingerprint density at radius 3 is 2.33 bits per heavy atom. The molecule has 0 aliphatic rings. The van der Waals surface area contributed by atoms with Crippen molar-refractivity contribution in [2.75, 3.05) is 6.54 Å². The molecule has 118 valence electrons. The Morgan fingerprint density at radius 2 is 1.71 bits per heavy atom. The lowest BCUT2D eigenvalue weighted by Crippen LogP contribution is -2.24. The average Bonchev–Trinajstić information content (AvgIpc) is 2.45. The van der Waals surface area contributed by atoms with E-state index < -0.39 is 5.82 Å². The Labute approximate surface area is 126 Å². The van der Waals surface area contributed by atoms with Crippen molar-refractivity contribution in [1.82, 2.24) is 5.32 Å². The normalized spacial score (nSPS) is 10.6. The highest BCUT2D eigenvalue weighted by Gasteiger charge is 2.10. The van der Waals surface area contributed by atoms with Crippen LogP contribution < -0.4 is 5.32 Å². The van der Waals surface area contributed by atoms with E-state index in [2.05, 4.69) is 12.2 Å². The van der Waals surface area contributed by atoms with Crippen LogP contribution in [0.15, 0.2) is 18.2 Å². The number of hydrogen-bond donors (Lipinski definition) is 2. The second kappa shape index (κ2) is 10.2. The van der Waals surface area contributed by atoms with Crippen LogP contribution in [-0.4, -0.2) is 17.6 Å². The first kappa shape index (κ1) is 17.5. The van der Waals surface area contributed by atoms with E-state index in [0.717, 1.165) is 18.9 Å². The van der Waals surface area contributed by atoms with Crippen molar-refractivity contribution in [3.63, 3.8) is 0 Å². The molecule has 1 rings (SSSR count). The average molecular weight is 295 g/mol. The van der Waals surface area contributed by atoms with Gasteiger partial charge in [0.1, 0.15) is 11.6 Å². The van der Waals surface area contributed by atoms with E-state index in [1.165, 1.54) is 50.7 Å². The number of hydrogen-bond acceptors (Lipinski definition) is 2. The first-order valence-corrected chi connectivity index (χ1v) is 7.92. The van der Waals surface area contributed by atoms with Gasteiger partial charge in [0, 0.05) is 12.6 Å². The smallest absolute Gasteiger partial charge is 0.255 e. The SMILES string of the molecule is CCCCCCCCCCNC(=O)c1ccc(F)cc1O. The Bertz CT molecular complexity index is 435. The molecule has 0 spiro atoms. The van der Waals surface area contributed by atoms with E-state index in [1.807, 2.05) is 0 Å². The highest BCUT2D eigenvalue weighted by Crippen LogP contribution is 2.17. The van der Waals surface area contributed by atoms with Crippen LogP contribution in [-0.2, 0) is 0 Å². The molecule has 3 nitrogen and oxygen atoms in total. The summed E-state index contributed by atoms with van der Waals surface area (Å²) in [7, 11) is 0. The second-order valence-corrected chi connectivity index (χ2v) is 5.39. The van der Waals surface area contributed by atoms with Crippen LogP contribution in [0, 0.1) is 5.82 Å². The molecule has 21 heavy (non-hydrogen) atoms. The Hall–Kier alpha value is -1.58. The number of rotatable bonds is 10. The second-order valence-electron chi connectivity index (χ2n) is 5.39. The van der Waals surface area contributed by atoms with E-state index in [-0.39, 0.29) is 17.2 Å². The molecule has 0 radical (unpaired) electrons. The number of amides is 1. The maximum Gasteiger partial charge on any atom is 0.255 e. The van der Waals surface area contributed by atoms with Gasteiger partial charge in [-0.15, -0.1) is 0 Å². The Morgan fingerprint density at radius 1 is 1.10 bits per heavy atom. The maximum absolute atomic E-state index is 12.8. The number of halogens is 1. The van der Waals surface area contributed by atoms with Gasteiger partial charge in [0.25, 0.3) is 5.91 Å². The van der Waals surface area contributed by atoms with Crippen molar-refractivity contribution < 1.29 is 14.3 Å². The van der Waals surface area contributed by atoms with Crippen LogP contribution >= 0.6 is 0 Å². The predicted octanol–water partition coefficient (Wildman–Crippen LogP) is 4.40. The van der Waals surface area contributed by atoms with Crippen LogP contribution in [0.4, 0.5) is 4.39 Å². The fourth-order valence-electron chi connectivity index (χ4n) is 2.25. The van der Waals surface area contributed by atoms with E-state index >= 15 is 0 Å². The molecule has 2 N–H and O–H groups in total. The quantitative estimate of drug-likeness (QED) is 0.628. The van der Waals surface area contributed by atoms with Gasteiger partial charge in [-0.25, -0.2) is 4.39 Å². The van der Waals surface area contributed by atoms with Gasteiger partial charge in [-0.3, -0.25) is 4.79 Å². The number of aromatic hydroxyl groups is 1. The summed E-state index contributed by atoms with van der Waals surface area (Å²) < 4.78 is 12.8. The van der Waals surface area contributed by atoms with Crippen molar-refractivity contribution in [3.8, 4) is 5.75 Å². The van der Waals surface area contributed by atoms with E-state index in [4.69, 9.17) is 0 Å². The lowest BCUT2D eigenvalue weighted by molar-refractivity contribution is 0.0950. The third-order valence-electron chi connectivity index (χ3n) is 3.52. The van der Waals surface area contributed by atoms with Crippen LogP contribution in [0.3, 0.4) is 0 Å². The van der Waals surface area contributed by atoms with Crippen molar-refractivity contribution >= 4 is 5.91 Å². The van der Waals surface area contributed by atoms with Crippen molar-refractivity contribution in [1.29, 1.82) is 0 Å². The third-order valence-corrected chi connectivity index (χ3v) is 3.52. The standard InChI is InChI=1S/C17H26FNO2/c1-2-3-4-5-6-7-8-9-12-19-17(21)15-11-10-14(18)13-16(15)20/h10-11,13,20H,2-9,12H2,1H3,(H,19,21). The Balaban J connectivity index is 2.11. The summed E-state index contributed by atoms with van der Waals surface area (Å²) in [5, 5.41) is 12.3.